The lowest BCUT2D eigenvalue weighted by Gasteiger charge is -2.17. The molecule has 0 aliphatic heterocycles. The Morgan fingerprint density at radius 1 is 1.30 bits per heavy atom. The average molecular weight is 344 g/mol. The maximum Gasteiger partial charge on any atom is 0.427 e. The molecule has 1 atom stereocenters. The summed E-state index contributed by atoms with van der Waals surface area (Å²) in [4.78, 5) is 13.7. The third-order valence-corrected chi connectivity index (χ3v) is 4.12. The van der Waals surface area contributed by atoms with E-state index in [1.54, 1.807) is 0 Å². The SMILES string of the molecule is O=C(O)CCC(Cc1ccccc1)Nc1ncc(C(F)(F)F)s1. The summed E-state index contributed by atoms with van der Waals surface area (Å²) in [7, 11) is 0. The number of carboxylic acid groups (broad SMARTS) is 1. The molecule has 4 nitrogen and oxygen atoms in total. The van der Waals surface area contributed by atoms with E-state index in [0.717, 1.165) is 11.8 Å². The van der Waals surface area contributed by atoms with Crippen LogP contribution >= 0.6 is 11.3 Å². The molecule has 0 fully saturated rings. The molecule has 2 rings (SSSR count). The van der Waals surface area contributed by atoms with Crippen LogP contribution < -0.4 is 5.32 Å². The fraction of sp³-hybridized carbons (Fsp3) is 0.333. The van der Waals surface area contributed by atoms with Crippen molar-refractivity contribution < 1.29 is 23.1 Å². The van der Waals surface area contributed by atoms with Gasteiger partial charge in [-0.15, -0.1) is 0 Å². The lowest BCUT2D eigenvalue weighted by molar-refractivity contribution is -0.137. The molecule has 0 spiro atoms. The highest BCUT2D eigenvalue weighted by Gasteiger charge is 2.33. The van der Waals surface area contributed by atoms with E-state index in [1.807, 2.05) is 30.3 Å². The topological polar surface area (TPSA) is 62.2 Å². The number of carboxylic acids is 1. The predicted molar refractivity (Wildman–Crippen MR) is 81.5 cm³/mol. The number of benzene rings is 1. The van der Waals surface area contributed by atoms with Crippen molar-refractivity contribution in [2.24, 2.45) is 0 Å². The average Bonchev–Trinajstić information content (AvgIpc) is 2.94. The Kier molecular flexibility index (Phi) is 5.59. The highest BCUT2D eigenvalue weighted by molar-refractivity contribution is 7.15. The molecule has 0 saturated carbocycles. The maximum atomic E-state index is 12.6. The van der Waals surface area contributed by atoms with Crippen LogP contribution in [0.2, 0.25) is 0 Å². The summed E-state index contributed by atoms with van der Waals surface area (Å²) in [5.74, 6) is -0.944. The molecular weight excluding hydrogens is 329 g/mol. The fourth-order valence-electron chi connectivity index (χ4n) is 2.07. The van der Waals surface area contributed by atoms with Crippen LogP contribution in [0.25, 0.3) is 0 Å². The number of halogens is 3. The van der Waals surface area contributed by atoms with Gasteiger partial charge in [-0.25, -0.2) is 4.98 Å². The van der Waals surface area contributed by atoms with Gasteiger partial charge in [-0.05, 0) is 18.4 Å². The van der Waals surface area contributed by atoms with Crippen molar-refractivity contribution in [1.82, 2.24) is 4.98 Å². The third kappa shape index (κ3) is 5.55. The van der Waals surface area contributed by atoms with E-state index in [1.165, 1.54) is 0 Å². The molecule has 1 heterocycles. The summed E-state index contributed by atoms with van der Waals surface area (Å²) in [5.41, 5.74) is 0.975. The second kappa shape index (κ2) is 7.45. The molecule has 0 radical (unpaired) electrons. The summed E-state index contributed by atoms with van der Waals surface area (Å²) in [5, 5.41) is 11.9. The second-order valence-electron chi connectivity index (χ2n) is 4.99. The van der Waals surface area contributed by atoms with E-state index in [2.05, 4.69) is 10.3 Å². The molecule has 0 aliphatic rings. The van der Waals surface area contributed by atoms with Crippen LogP contribution in [0.1, 0.15) is 23.3 Å². The molecule has 8 heteroatoms. The zero-order valence-electron chi connectivity index (χ0n) is 12.0. The zero-order valence-corrected chi connectivity index (χ0v) is 12.8. The van der Waals surface area contributed by atoms with E-state index >= 15 is 0 Å². The second-order valence-corrected chi connectivity index (χ2v) is 6.02. The molecule has 1 aromatic carbocycles. The number of hydrogen-bond donors (Lipinski definition) is 2. The minimum Gasteiger partial charge on any atom is -0.481 e. The molecule has 124 valence electrons. The van der Waals surface area contributed by atoms with Crippen LogP contribution in [-0.2, 0) is 17.4 Å². The zero-order chi connectivity index (χ0) is 16.9. The molecule has 0 aliphatic carbocycles. The van der Waals surface area contributed by atoms with Crippen molar-refractivity contribution in [2.45, 2.75) is 31.5 Å². The first kappa shape index (κ1) is 17.3. The van der Waals surface area contributed by atoms with Crippen molar-refractivity contribution in [3.63, 3.8) is 0 Å². The molecule has 1 aromatic heterocycles. The van der Waals surface area contributed by atoms with Crippen LogP contribution in [0, 0.1) is 0 Å². The summed E-state index contributed by atoms with van der Waals surface area (Å²) in [6, 6.07) is 9.04. The molecule has 23 heavy (non-hydrogen) atoms. The third-order valence-electron chi connectivity index (χ3n) is 3.14. The van der Waals surface area contributed by atoms with E-state index < -0.39 is 17.0 Å². The Labute approximate surface area is 135 Å². The van der Waals surface area contributed by atoms with Gasteiger partial charge in [-0.1, -0.05) is 41.7 Å². The smallest absolute Gasteiger partial charge is 0.427 e. The Hall–Kier alpha value is -2.09. The molecule has 2 aromatic rings. The number of nitrogens with one attached hydrogen (secondary N) is 1. The molecule has 0 amide bonds. The van der Waals surface area contributed by atoms with Crippen molar-refractivity contribution in [1.29, 1.82) is 0 Å². The normalized spacial score (nSPS) is 12.8. The summed E-state index contributed by atoms with van der Waals surface area (Å²) in [6.45, 7) is 0. The van der Waals surface area contributed by atoms with E-state index in [9.17, 15) is 18.0 Å². The molecule has 2 N–H and O–H groups in total. The van der Waals surface area contributed by atoms with Crippen molar-refractivity contribution in [3.05, 3.63) is 47.0 Å². The first-order valence-electron chi connectivity index (χ1n) is 6.90. The van der Waals surface area contributed by atoms with Gasteiger partial charge in [0.25, 0.3) is 0 Å². The van der Waals surface area contributed by atoms with Crippen LogP contribution in [0.3, 0.4) is 0 Å². The first-order valence-corrected chi connectivity index (χ1v) is 7.71. The van der Waals surface area contributed by atoms with Gasteiger partial charge in [0.05, 0.1) is 6.20 Å². The highest BCUT2D eigenvalue weighted by atomic mass is 32.1. The largest absolute Gasteiger partial charge is 0.481 e. The van der Waals surface area contributed by atoms with E-state index in [-0.39, 0.29) is 17.6 Å². The van der Waals surface area contributed by atoms with Crippen LogP contribution in [0.5, 0.6) is 0 Å². The number of alkyl halides is 3. The maximum absolute atomic E-state index is 12.6. The van der Waals surface area contributed by atoms with Gasteiger partial charge in [-0.2, -0.15) is 13.2 Å². The van der Waals surface area contributed by atoms with Crippen molar-refractivity contribution >= 4 is 22.4 Å². The van der Waals surface area contributed by atoms with Crippen LogP contribution in [0.15, 0.2) is 36.5 Å². The quantitative estimate of drug-likeness (QED) is 0.795. The molecule has 0 saturated heterocycles. The van der Waals surface area contributed by atoms with Gasteiger partial charge >= 0.3 is 12.1 Å². The standard InChI is InChI=1S/C15H15F3N2O2S/c16-15(17,18)12-9-19-14(23-12)20-11(6-7-13(21)22)8-10-4-2-1-3-5-10/h1-5,9,11H,6-8H2,(H,19,20)(H,21,22). The number of aromatic nitrogens is 1. The van der Waals surface area contributed by atoms with Crippen molar-refractivity contribution in [2.75, 3.05) is 5.32 Å². The number of nitrogens with zero attached hydrogens (tertiary/aromatic N) is 1. The number of carbonyl (C=O) groups is 1. The number of aliphatic carboxylic acids is 1. The number of thiazole rings is 1. The van der Waals surface area contributed by atoms with E-state index in [4.69, 9.17) is 5.11 Å². The van der Waals surface area contributed by atoms with Gasteiger partial charge in [-0.3, -0.25) is 4.79 Å². The Morgan fingerprint density at radius 2 is 2.00 bits per heavy atom. The van der Waals surface area contributed by atoms with Gasteiger partial charge in [0.1, 0.15) is 4.88 Å². The molecule has 0 bridgehead atoms. The summed E-state index contributed by atoms with van der Waals surface area (Å²) >= 11 is 0.518. The Morgan fingerprint density at radius 3 is 2.57 bits per heavy atom. The van der Waals surface area contributed by atoms with Gasteiger partial charge in [0.15, 0.2) is 5.13 Å². The summed E-state index contributed by atoms with van der Waals surface area (Å²) < 4.78 is 37.8. The number of hydrogen-bond acceptors (Lipinski definition) is 4. The van der Waals surface area contributed by atoms with E-state index in [0.29, 0.717) is 24.2 Å². The fourth-order valence-corrected chi connectivity index (χ4v) is 2.83. The van der Waals surface area contributed by atoms with Crippen LogP contribution in [0.4, 0.5) is 18.3 Å². The lowest BCUT2D eigenvalue weighted by atomic mass is 10.0. The first-order chi connectivity index (χ1) is 10.8. The number of rotatable bonds is 7. The minimum absolute atomic E-state index is 0.0675. The lowest BCUT2D eigenvalue weighted by Crippen LogP contribution is -2.23. The molecule has 1 unspecified atom stereocenters. The van der Waals surface area contributed by atoms with Gasteiger partial charge in [0.2, 0.25) is 0 Å². The monoisotopic (exact) mass is 344 g/mol. The number of anilines is 1. The van der Waals surface area contributed by atoms with Crippen LogP contribution in [-0.4, -0.2) is 22.1 Å². The minimum atomic E-state index is -4.42. The van der Waals surface area contributed by atoms with Gasteiger partial charge in [0, 0.05) is 12.5 Å². The van der Waals surface area contributed by atoms with Crippen molar-refractivity contribution in [3.8, 4) is 0 Å². The molecular formula is C15H15F3N2O2S. The highest BCUT2D eigenvalue weighted by Crippen LogP contribution is 2.35. The summed E-state index contributed by atoms with van der Waals surface area (Å²) in [6.07, 6.45) is -2.90. The Balaban J connectivity index is 2.07. The Bertz CT molecular complexity index is 644. The van der Waals surface area contributed by atoms with Gasteiger partial charge < -0.3 is 10.4 Å². The predicted octanol–water partition coefficient (Wildman–Crippen LogP) is 4.05.